The quantitative estimate of drug-likeness (QED) is 0.806. The summed E-state index contributed by atoms with van der Waals surface area (Å²) in [6.07, 6.45) is 0. The first-order valence-electron chi connectivity index (χ1n) is 7.91. The van der Waals surface area contributed by atoms with Crippen molar-refractivity contribution in [3.8, 4) is 0 Å². The molecule has 2 N–H and O–H groups in total. The third kappa shape index (κ3) is 6.82. The molecule has 0 aliphatic rings. The van der Waals surface area contributed by atoms with Crippen LogP contribution in [0.25, 0.3) is 0 Å². The average Bonchev–Trinajstić information content (AvgIpc) is 2.43. The van der Waals surface area contributed by atoms with Crippen molar-refractivity contribution >= 4 is 11.8 Å². The smallest absolute Gasteiger partial charge is 0.251 e. The molecule has 0 aromatic heterocycles. The minimum Gasteiger partial charge on any atom is -0.354 e. The van der Waals surface area contributed by atoms with Crippen molar-refractivity contribution < 1.29 is 9.59 Å². The maximum atomic E-state index is 12.2. The number of carbonyl (C=O) groups is 2. The Balaban J connectivity index is 2.52. The van der Waals surface area contributed by atoms with Gasteiger partial charge in [-0.25, -0.2) is 0 Å². The van der Waals surface area contributed by atoms with Gasteiger partial charge in [0.05, 0.1) is 0 Å². The largest absolute Gasteiger partial charge is 0.354 e. The van der Waals surface area contributed by atoms with Crippen molar-refractivity contribution in [2.24, 2.45) is 5.41 Å². The van der Waals surface area contributed by atoms with Crippen LogP contribution in [0.4, 0.5) is 0 Å². The summed E-state index contributed by atoms with van der Waals surface area (Å²) in [4.78, 5) is 26.4. The highest BCUT2D eigenvalue weighted by molar-refractivity contribution is 5.97. The van der Waals surface area contributed by atoms with E-state index in [4.69, 9.17) is 0 Å². The lowest BCUT2D eigenvalue weighted by atomic mass is 9.93. The van der Waals surface area contributed by atoms with Crippen molar-refractivity contribution in [3.05, 3.63) is 35.4 Å². The van der Waals surface area contributed by atoms with Crippen LogP contribution >= 0.6 is 0 Å². The molecule has 1 atom stereocenters. The molecular weight excluding hydrogens is 290 g/mol. The number of benzene rings is 1. The van der Waals surface area contributed by atoms with Crippen molar-refractivity contribution in [1.29, 1.82) is 0 Å². The van der Waals surface area contributed by atoms with Crippen LogP contribution < -0.4 is 10.6 Å². The topological polar surface area (TPSA) is 61.4 Å². The van der Waals surface area contributed by atoms with Gasteiger partial charge in [0.2, 0.25) is 5.91 Å². The van der Waals surface area contributed by atoms with Gasteiger partial charge in [-0.1, -0.05) is 31.5 Å². The lowest BCUT2D eigenvalue weighted by Crippen LogP contribution is -2.48. The van der Waals surface area contributed by atoms with Crippen LogP contribution in [0.5, 0.6) is 0 Å². The molecule has 0 fully saturated rings. The second kappa shape index (κ2) is 8.11. The van der Waals surface area contributed by atoms with Crippen LogP contribution in [-0.2, 0) is 4.79 Å². The van der Waals surface area contributed by atoms with E-state index in [-0.39, 0.29) is 17.2 Å². The van der Waals surface area contributed by atoms with Gasteiger partial charge < -0.3 is 15.5 Å². The van der Waals surface area contributed by atoms with Crippen molar-refractivity contribution in [2.45, 2.75) is 33.7 Å². The van der Waals surface area contributed by atoms with Crippen LogP contribution in [0.1, 0.15) is 36.7 Å². The highest BCUT2D eigenvalue weighted by atomic mass is 16.2. The molecule has 5 heteroatoms. The molecule has 0 radical (unpaired) electrons. The number of nitrogens with one attached hydrogen (secondary N) is 2. The molecule has 0 saturated heterocycles. The van der Waals surface area contributed by atoms with E-state index >= 15 is 0 Å². The molecule has 0 aliphatic heterocycles. The molecule has 128 valence electrons. The lowest BCUT2D eigenvalue weighted by molar-refractivity contribution is -0.123. The molecule has 0 spiro atoms. The summed E-state index contributed by atoms with van der Waals surface area (Å²) < 4.78 is 0. The number of nitrogens with zero attached hydrogens (tertiary/aromatic N) is 1. The number of hydrogen-bond acceptors (Lipinski definition) is 3. The third-order valence-electron chi connectivity index (χ3n) is 3.51. The average molecular weight is 319 g/mol. The Kier molecular flexibility index (Phi) is 6.76. The summed E-state index contributed by atoms with van der Waals surface area (Å²) >= 11 is 0. The summed E-state index contributed by atoms with van der Waals surface area (Å²) in [6.45, 7) is 9.26. The monoisotopic (exact) mass is 319 g/mol. The number of aryl methyl sites for hydroxylation is 1. The zero-order chi connectivity index (χ0) is 17.6. The van der Waals surface area contributed by atoms with Gasteiger partial charge >= 0.3 is 0 Å². The van der Waals surface area contributed by atoms with Gasteiger partial charge in [0, 0.05) is 18.7 Å². The van der Waals surface area contributed by atoms with E-state index in [2.05, 4.69) is 29.4 Å². The minimum atomic E-state index is -0.571. The first-order valence-corrected chi connectivity index (χ1v) is 7.91. The van der Waals surface area contributed by atoms with Gasteiger partial charge in [-0.15, -0.1) is 0 Å². The lowest BCUT2D eigenvalue weighted by Gasteiger charge is -2.29. The van der Waals surface area contributed by atoms with Gasteiger partial charge in [0.1, 0.15) is 6.04 Å². The van der Waals surface area contributed by atoms with Crippen molar-refractivity contribution in [3.63, 3.8) is 0 Å². The van der Waals surface area contributed by atoms with Gasteiger partial charge in [-0.2, -0.15) is 0 Å². The Morgan fingerprint density at radius 1 is 1.26 bits per heavy atom. The molecule has 0 bridgehead atoms. The molecule has 5 nitrogen and oxygen atoms in total. The van der Waals surface area contributed by atoms with E-state index in [1.165, 1.54) is 0 Å². The predicted octanol–water partition coefficient (Wildman–Crippen LogP) is 1.82. The highest BCUT2D eigenvalue weighted by Crippen LogP contribution is 2.14. The number of rotatable bonds is 7. The Morgan fingerprint density at radius 2 is 1.91 bits per heavy atom. The molecule has 1 aromatic rings. The van der Waals surface area contributed by atoms with E-state index in [1.54, 1.807) is 19.1 Å². The second-order valence-corrected chi connectivity index (χ2v) is 7.18. The molecule has 2 amide bonds. The molecular formula is C18H29N3O2. The van der Waals surface area contributed by atoms with Crippen molar-refractivity contribution in [2.75, 3.05) is 27.2 Å². The molecule has 23 heavy (non-hydrogen) atoms. The standard InChI is InChI=1S/C18H29N3O2/c1-13-8-7-9-15(10-13)17(23)20-14(2)16(22)19-11-18(3,4)12-21(5)6/h7-10,14H,11-12H2,1-6H3,(H,19,22)(H,20,23). The zero-order valence-corrected chi connectivity index (χ0v) is 15.1. The van der Waals surface area contributed by atoms with Crippen LogP contribution in [0.2, 0.25) is 0 Å². The fourth-order valence-electron chi connectivity index (χ4n) is 2.52. The van der Waals surface area contributed by atoms with Crippen LogP contribution in [0, 0.1) is 12.3 Å². The molecule has 0 heterocycles. The highest BCUT2D eigenvalue weighted by Gasteiger charge is 2.22. The number of carbonyl (C=O) groups excluding carboxylic acids is 2. The predicted molar refractivity (Wildman–Crippen MR) is 93.5 cm³/mol. The maximum Gasteiger partial charge on any atom is 0.251 e. The summed E-state index contributed by atoms with van der Waals surface area (Å²) in [5, 5.41) is 5.65. The fourth-order valence-corrected chi connectivity index (χ4v) is 2.52. The maximum absolute atomic E-state index is 12.2. The minimum absolute atomic E-state index is 0.0283. The van der Waals surface area contributed by atoms with E-state index in [0.717, 1.165) is 12.1 Å². The first kappa shape index (κ1) is 19.2. The van der Waals surface area contributed by atoms with Crippen LogP contribution in [0.15, 0.2) is 24.3 Å². The van der Waals surface area contributed by atoms with Crippen LogP contribution in [-0.4, -0.2) is 49.9 Å². The van der Waals surface area contributed by atoms with Gasteiger partial charge in [-0.05, 0) is 45.5 Å². The summed E-state index contributed by atoms with van der Waals surface area (Å²) in [5.74, 6) is -0.401. The molecule has 1 rings (SSSR count). The molecule has 1 unspecified atom stereocenters. The molecule has 1 aromatic carbocycles. The van der Waals surface area contributed by atoms with E-state index in [1.807, 2.05) is 33.2 Å². The van der Waals surface area contributed by atoms with Gasteiger partial charge in [0.25, 0.3) is 5.91 Å². The Morgan fingerprint density at radius 3 is 2.48 bits per heavy atom. The number of amides is 2. The van der Waals surface area contributed by atoms with E-state index < -0.39 is 6.04 Å². The van der Waals surface area contributed by atoms with Crippen LogP contribution in [0.3, 0.4) is 0 Å². The third-order valence-corrected chi connectivity index (χ3v) is 3.51. The Labute approximate surface area is 139 Å². The SMILES string of the molecule is Cc1cccc(C(=O)NC(C)C(=O)NCC(C)(C)CN(C)C)c1. The van der Waals surface area contributed by atoms with Gasteiger partial charge in [-0.3, -0.25) is 9.59 Å². The summed E-state index contributed by atoms with van der Waals surface area (Å²) in [5.41, 5.74) is 1.55. The first-order chi connectivity index (χ1) is 10.6. The Hall–Kier alpha value is -1.88. The van der Waals surface area contributed by atoms with Crippen molar-refractivity contribution in [1.82, 2.24) is 15.5 Å². The molecule has 0 saturated carbocycles. The number of hydrogen-bond donors (Lipinski definition) is 2. The van der Waals surface area contributed by atoms with E-state index in [9.17, 15) is 9.59 Å². The Bertz CT molecular complexity index is 553. The fraction of sp³-hybridized carbons (Fsp3) is 0.556. The van der Waals surface area contributed by atoms with E-state index in [0.29, 0.717) is 12.1 Å². The zero-order valence-electron chi connectivity index (χ0n) is 15.1. The normalized spacial score (nSPS) is 12.8. The van der Waals surface area contributed by atoms with Gasteiger partial charge in [0.15, 0.2) is 0 Å². The summed E-state index contributed by atoms with van der Waals surface area (Å²) in [7, 11) is 4.02. The second-order valence-electron chi connectivity index (χ2n) is 7.18. The molecule has 0 aliphatic carbocycles. The summed E-state index contributed by atoms with van der Waals surface area (Å²) in [6, 6.07) is 6.74.